The van der Waals surface area contributed by atoms with Gasteiger partial charge in [-0.3, -0.25) is 14.6 Å². The van der Waals surface area contributed by atoms with Crippen molar-refractivity contribution < 1.29 is 18.9 Å². The first-order chi connectivity index (χ1) is 17.0. The van der Waals surface area contributed by atoms with Gasteiger partial charge in [-0.05, 0) is 41.8 Å². The standard InChI is InChI=1S/C27H17FN4O3/c28-22-12-11-18(23-21(22)6-3-14-29-23)17-9-7-16(8-10-17)13-15-31-25-24(30-32(31)35)26(33)19-4-1-2-5-20(19)27(25)34/h1-12,14H,13,15H2. The van der Waals surface area contributed by atoms with Crippen molar-refractivity contribution >= 4 is 22.5 Å². The maximum atomic E-state index is 14.1. The zero-order valence-electron chi connectivity index (χ0n) is 18.3. The molecular formula is C27H17FN4O3. The van der Waals surface area contributed by atoms with E-state index in [4.69, 9.17) is 0 Å². The highest BCUT2D eigenvalue weighted by atomic mass is 19.1. The summed E-state index contributed by atoms with van der Waals surface area (Å²) in [7, 11) is 0. The fraction of sp³-hybridized carbons (Fsp3) is 0.0741. The van der Waals surface area contributed by atoms with Crippen LogP contribution in [0.4, 0.5) is 4.39 Å². The second-order valence-corrected chi connectivity index (χ2v) is 8.32. The number of aromatic nitrogens is 4. The van der Waals surface area contributed by atoms with Gasteiger partial charge >= 0.3 is 0 Å². The maximum Gasteiger partial charge on any atom is 0.220 e. The molecule has 0 amide bonds. The molecule has 1 aliphatic carbocycles. The molecule has 2 heterocycles. The lowest BCUT2D eigenvalue weighted by atomic mass is 9.90. The summed E-state index contributed by atoms with van der Waals surface area (Å²) in [6, 6.07) is 20.7. The Hall–Kier alpha value is -4.72. The van der Waals surface area contributed by atoms with E-state index in [1.54, 1.807) is 48.7 Å². The minimum Gasteiger partial charge on any atom is -0.571 e. The van der Waals surface area contributed by atoms with E-state index in [0.717, 1.165) is 16.7 Å². The Morgan fingerprint density at radius 2 is 1.60 bits per heavy atom. The summed E-state index contributed by atoms with van der Waals surface area (Å²) in [5.41, 5.74) is 3.64. The summed E-state index contributed by atoms with van der Waals surface area (Å²) >= 11 is 0. The highest BCUT2D eigenvalue weighted by molar-refractivity contribution is 6.26. The summed E-state index contributed by atoms with van der Waals surface area (Å²) in [6.07, 6.45) is 2.07. The predicted octanol–water partition coefficient (Wildman–Crippen LogP) is 3.89. The number of hydrogen-bond donors (Lipinski definition) is 0. The van der Waals surface area contributed by atoms with E-state index in [1.807, 2.05) is 24.3 Å². The Balaban J connectivity index is 1.28. The quantitative estimate of drug-likeness (QED) is 0.292. The van der Waals surface area contributed by atoms with Crippen LogP contribution in [0.5, 0.6) is 0 Å². The Bertz CT molecular complexity index is 1660. The number of nitrogens with zero attached hydrogens (tertiary/aromatic N) is 4. The molecule has 2 aromatic heterocycles. The molecule has 0 radical (unpaired) electrons. The van der Waals surface area contributed by atoms with E-state index < -0.39 is 5.78 Å². The topological polar surface area (TPSA) is 91.8 Å². The minimum absolute atomic E-state index is 0.0178. The molecule has 7 nitrogen and oxygen atoms in total. The van der Waals surface area contributed by atoms with Crippen LogP contribution in [-0.4, -0.2) is 26.3 Å². The first-order valence-corrected chi connectivity index (χ1v) is 11.0. The number of hydrogen-bond acceptors (Lipinski definition) is 5. The largest absolute Gasteiger partial charge is 0.571 e. The van der Waals surface area contributed by atoms with Crippen LogP contribution in [0.1, 0.15) is 37.7 Å². The molecule has 0 saturated heterocycles. The third kappa shape index (κ3) is 3.30. The number of aryl methyl sites for hydroxylation is 1. The number of carbonyl (C=O) groups is 2. The molecule has 0 atom stereocenters. The van der Waals surface area contributed by atoms with Crippen molar-refractivity contribution in [1.82, 2.24) is 14.8 Å². The van der Waals surface area contributed by atoms with Gasteiger partial charge in [0.2, 0.25) is 17.3 Å². The zero-order chi connectivity index (χ0) is 24.1. The number of fused-ring (bicyclic) bond motifs is 3. The highest BCUT2D eigenvalue weighted by Crippen LogP contribution is 2.29. The van der Waals surface area contributed by atoms with Gasteiger partial charge in [0.1, 0.15) is 5.82 Å². The number of rotatable bonds is 4. The van der Waals surface area contributed by atoms with Gasteiger partial charge in [0.05, 0.1) is 12.1 Å². The van der Waals surface area contributed by atoms with Crippen molar-refractivity contribution in [3.8, 4) is 11.1 Å². The Kier molecular flexibility index (Phi) is 4.74. The number of pyridine rings is 1. The monoisotopic (exact) mass is 464 g/mol. The number of benzene rings is 3. The van der Waals surface area contributed by atoms with Gasteiger partial charge in [0, 0.05) is 38.3 Å². The fourth-order valence-corrected chi connectivity index (χ4v) is 4.56. The molecule has 0 aliphatic heterocycles. The van der Waals surface area contributed by atoms with Gasteiger partial charge in [-0.2, -0.15) is 0 Å². The van der Waals surface area contributed by atoms with Gasteiger partial charge < -0.3 is 5.21 Å². The van der Waals surface area contributed by atoms with E-state index in [-0.39, 0.29) is 40.7 Å². The van der Waals surface area contributed by atoms with E-state index >= 15 is 0 Å². The summed E-state index contributed by atoms with van der Waals surface area (Å²) in [4.78, 5) is 30.5. The molecule has 0 N–H and O–H groups in total. The van der Waals surface area contributed by atoms with Crippen LogP contribution in [-0.2, 0) is 13.0 Å². The lowest BCUT2D eigenvalue weighted by Crippen LogP contribution is -2.41. The highest BCUT2D eigenvalue weighted by Gasteiger charge is 2.38. The first kappa shape index (κ1) is 20.9. The van der Waals surface area contributed by atoms with E-state index in [2.05, 4.69) is 10.1 Å². The first-order valence-electron chi connectivity index (χ1n) is 11.0. The summed E-state index contributed by atoms with van der Waals surface area (Å²) in [5, 5.41) is 16.7. The third-order valence-corrected chi connectivity index (χ3v) is 6.31. The molecule has 3 aromatic carbocycles. The van der Waals surface area contributed by atoms with Crippen molar-refractivity contribution in [2.45, 2.75) is 13.0 Å². The molecule has 0 unspecified atom stereocenters. The lowest BCUT2D eigenvalue weighted by Gasteiger charge is -2.12. The van der Waals surface area contributed by atoms with Crippen molar-refractivity contribution in [1.29, 1.82) is 0 Å². The van der Waals surface area contributed by atoms with Gasteiger partial charge in [0.25, 0.3) is 0 Å². The van der Waals surface area contributed by atoms with Crippen LogP contribution in [0.15, 0.2) is 79.0 Å². The van der Waals surface area contributed by atoms with Crippen LogP contribution < -0.4 is 4.96 Å². The van der Waals surface area contributed by atoms with Crippen LogP contribution in [0.2, 0.25) is 0 Å². The molecule has 35 heavy (non-hydrogen) atoms. The molecular weight excluding hydrogens is 447 g/mol. The third-order valence-electron chi connectivity index (χ3n) is 6.31. The molecule has 8 heteroatoms. The predicted molar refractivity (Wildman–Crippen MR) is 125 cm³/mol. The van der Waals surface area contributed by atoms with Crippen LogP contribution in [0.25, 0.3) is 22.0 Å². The SMILES string of the molecule is O=C1c2ccccc2C(=O)c2c1n[n+]([O-])n2CCc1ccc(-c2ccc(F)c3cccnc23)cc1. The second kappa shape index (κ2) is 7.95. The number of ketones is 2. The summed E-state index contributed by atoms with van der Waals surface area (Å²) < 4.78 is 15.4. The van der Waals surface area contributed by atoms with Crippen molar-refractivity contribution in [3.05, 3.63) is 118 Å². The maximum absolute atomic E-state index is 14.1. The fourth-order valence-electron chi connectivity index (χ4n) is 4.56. The summed E-state index contributed by atoms with van der Waals surface area (Å²) in [6.45, 7) is 0.174. The molecule has 0 spiro atoms. The second-order valence-electron chi connectivity index (χ2n) is 8.32. The van der Waals surface area contributed by atoms with Crippen molar-refractivity contribution in [2.24, 2.45) is 0 Å². The van der Waals surface area contributed by atoms with E-state index in [9.17, 15) is 19.2 Å². The average Bonchev–Trinajstić information content (AvgIpc) is 3.23. The molecule has 5 aromatic rings. The lowest BCUT2D eigenvalue weighted by molar-refractivity contribution is -0.749. The molecule has 0 bridgehead atoms. The van der Waals surface area contributed by atoms with Crippen LogP contribution >= 0.6 is 0 Å². The van der Waals surface area contributed by atoms with E-state index in [0.29, 0.717) is 22.3 Å². The van der Waals surface area contributed by atoms with Gasteiger partial charge in [0.15, 0.2) is 5.69 Å². The van der Waals surface area contributed by atoms with Crippen LogP contribution in [0.3, 0.4) is 0 Å². The van der Waals surface area contributed by atoms with E-state index in [1.165, 1.54) is 10.7 Å². The number of halogens is 1. The van der Waals surface area contributed by atoms with Gasteiger partial charge in [-0.25, -0.2) is 4.39 Å². The smallest absolute Gasteiger partial charge is 0.220 e. The number of carbonyl (C=O) groups excluding carboxylic acids is 2. The Morgan fingerprint density at radius 1 is 0.857 bits per heavy atom. The molecule has 6 rings (SSSR count). The van der Waals surface area contributed by atoms with Crippen molar-refractivity contribution in [2.75, 3.05) is 0 Å². The van der Waals surface area contributed by atoms with Gasteiger partial charge in [-0.1, -0.05) is 48.5 Å². The molecule has 1 aliphatic rings. The van der Waals surface area contributed by atoms with Crippen molar-refractivity contribution in [3.63, 3.8) is 0 Å². The zero-order valence-corrected chi connectivity index (χ0v) is 18.3. The normalized spacial score (nSPS) is 12.6. The average molecular weight is 464 g/mol. The minimum atomic E-state index is -0.428. The van der Waals surface area contributed by atoms with Gasteiger partial charge in [-0.15, -0.1) is 4.68 Å². The Labute approximate surface area is 198 Å². The molecule has 170 valence electrons. The molecule has 0 fully saturated rings. The van der Waals surface area contributed by atoms with Crippen LogP contribution in [0, 0.1) is 11.0 Å². The summed E-state index contributed by atoms with van der Waals surface area (Å²) in [5.74, 6) is -1.13. The molecule has 0 saturated carbocycles. The Morgan fingerprint density at radius 3 is 2.37 bits per heavy atom.